The number of nitrogens with zero attached hydrogens (tertiary/aromatic N) is 2. The van der Waals surface area contributed by atoms with E-state index in [4.69, 9.17) is 5.10 Å². The van der Waals surface area contributed by atoms with Gasteiger partial charge in [-0.1, -0.05) is 66.7 Å². The molecular weight excluding hydrogens is 390 g/mol. The molecule has 5 heteroatoms. The van der Waals surface area contributed by atoms with Gasteiger partial charge in [0.25, 0.3) is 0 Å². The van der Waals surface area contributed by atoms with Gasteiger partial charge in [0, 0.05) is 0 Å². The number of hydrogen-bond donors (Lipinski definition) is 1. The molecule has 0 bridgehead atoms. The third-order valence-corrected chi connectivity index (χ3v) is 5.87. The van der Waals surface area contributed by atoms with E-state index in [9.17, 15) is 4.79 Å². The van der Waals surface area contributed by atoms with Crippen molar-refractivity contribution in [3.63, 3.8) is 0 Å². The number of para-hydroxylation sites is 1. The SMILES string of the molecule is O=C(Cc1cccc2ccccc12)Nc1cn(-c2ccccc2)nc1-c1cccs1. The molecule has 0 aliphatic rings. The van der Waals surface area contributed by atoms with Crippen LogP contribution in [0.25, 0.3) is 27.0 Å². The Labute approximate surface area is 178 Å². The van der Waals surface area contributed by atoms with E-state index in [1.54, 1.807) is 11.3 Å². The van der Waals surface area contributed by atoms with Crippen molar-refractivity contribution in [3.05, 3.63) is 102 Å². The molecule has 5 aromatic rings. The first-order chi connectivity index (χ1) is 14.8. The summed E-state index contributed by atoms with van der Waals surface area (Å²) < 4.78 is 1.81. The lowest BCUT2D eigenvalue weighted by Crippen LogP contribution is -2.14. The van der Waals surface area contributed by atoms with E-state index in [2.05, 4.69) is 23.5 Å². The summed E-state index contributed by atoms with van der Waals surface area (Å²) in [4.78, 5) is 14.0. The van der Waals surface area contributed by atoms with Gasteiger partial charge in [-0.2, -0.15) is 5.10 Å². The zero-order valence-corrected chi connectivity index (χ0v) is 17.0. The van der Waals surface area contributed by atoms with Crippen molar-refractivity contribution < 1.29 is 4.79 Å². The molecule has 5 rings (SSSR count). The van der Waals surface area contributed by atoms with Gasteiger partial charge < -0.3 is 5.32 Å². The minimum atomic E-state index is -0.0585. The van der Waals surface area contributed by atoms with Gasteiger partial charge in [0.05, 0.1) is 28.9 Å². The quantitative estimate of drug-likeness (QED) is 0.391. The van der Waals surface area contributed by atoms with Gasteiger partial charge in [-0.25, -0.2) is 4.68 Å². The smallest absolute Gasteiger partial charge is 0.228 e. The number of fused-ring (bicyclic) bond motifs is 1. The summed E-state index contributed by atoms with van der Waals surface area (Å²) in [6.07, 6.45) is 2.19. The maximum Gasteiger partial charge on any atom is 0.228 e. The van der Waals surface area contributed by atoms with E-state index >= 15 is 0 Å². The zero-order valence-electron chi connectivity index (χ0n) is 16.2. The topological polar surface area (TPSA) is 46.9 Å². The second kappa shape index (κ2) is 7.97. The summed E-state index contributed by atoms with van der Waals surface area (Å²) in [6.45, 7) is 0. The van der Waals surface area contributed by atoms with Gasteiger partial charge in [-0.3, -0.25) is 4.79 Å². The van der Waals surface area contributed by atoms with E-state index in [0.29, 0.717) is 12.1 Å². The van der Waals surface area contributed by atoms with Crippen LogP contribution in [-0.4, -0.2) is 15.7 Å². The molecular formula is C25H19N3OS. The molecule has 1 N–H and O–H groups in total. The van der Waals surface area contributed by atoms with Crippen molar-refractivity contribution >= 4 is 33.7 Å². The lowest BCUT2D eigenvalue weighted by Gasteiger charge is -2.07. The molecule has 146 valence electrons. The predicted molar refractivity (Wildman–Crippen MR) is 123 cm³/mol. The van der Waals surface area contributed by atoms with Crippen LogP contribution in [0, 0.1) is 0 Å². The summed E-state index contributed by atoms with van der Waals surface area (Å²) in [5.74, 6) is -0.0585. The molecule has 0 spiro atoms. The van der Waals surface area contributed by atoms with Crippen LogP contribution >= 0.6 is 11.3 Å². The Balaban J connectivity index is 1.46. The highest BCUT2D eigenvalue weighted by molar-refractivity contribution is 7.13. The highest BCUT2D eigenvalue weighted by Gasteiger charge is 2.16. The molecule has 0 saturated heterocycles. The molecule has 1 amide bonds. The first kappa shape index (κ1) is 18.3. The van der Waals surface area contributed by atoms with E-state index < -0.39 is 0 Å². The fraction of sp³-hybridized carbons (Fsp3) is 0.0400. The second-order valence-corrected chi connectivity index (χ2v) is 7.96. The lowest BCUT2D eigenvalue weighted by molar-refractivity contribution is -0.115. The largest absolute Gasteiger partial charge is 0.323 e. The van der Waals surface area contributed by atoms with Crippen LogP contribution in [0.5, 0.6) is 0 Å². The van der Waals surface area contributed by atoms with Crippen molar-refractivity contribution in [1.29, 1.82) is 0 Å². The third kappa shape index (κ3) is 3.63. The number of hydrogen-bond acceptors (Lipinski definition) is 3. The molecule has 0 aliphatic carbocycles. The Morgan fingerprint density at radius 1 is 0.900 bits per heavy atom. The normalized spacial score (nSPS) is 10.9. The molecule has 3 aromatic carbocycles. The molecule has 2 aromatic heterocycles. The number of rotatable bonds is 5. The number of carbonyl (C=O) groups excluding carboxylic acids is 1. The number of nitrogens with one attached hydrogen (secondary N) is 1. The van der Waals surface area contributed by atoms with Crippen LogP contribution < -0.4 is 5.32 Å². The first-order valence-electron chi connectivity index (χ1n) is 9.73. The Hall–Kier alpha value is -3.70. The summed E-state index contributed by atoms with van der Waals surface area (Å²) >= 11 is 1.60. The summed E-state index contributed by atoms with van der Waals surface area (Å²) in [5.41, 5.74) is 3.45. The van der Waals surface area contributed by atoms with E-state index in [1.807, 2.05) is 83.0 Å². The maximum absolute atomic E-state index is 12.9. The Morgan fingerprint density at radius 3 is 2.53 bits per heavy atom. The molecule has 0 saturated carbocycles. The van der Waals surface area contributed by atoms with Crippen molar-refractivity contribution in [2.24, 2.45) is 0 Å². The van der Waals surface area contributed by atoms with Crippen molar-refractivity contribution in [1.82, 2.24) is 9.78 Å². The molecule has 0 fully saturated rings. The average Bonchev–Trinajstić information content (AvgIpc) is 3.45. The standard InChI is InChI=1S/C25H19N3OS/c29-24(16-19-10-6-9-18-8-4-5-13-21(18)19)26-22-17-28(20-11-2-1-3-12-20)27-25(22)23-14-7-15-30-23/h1-15,17H,16H2,(H,26,29). The second-order valence-electron chi connectivity index (χ2n) is 7.01. The zero-order chi connectivity index (χ0) is 20.3. The minimum absolute atomic E-state index is 0.0585. The minimum Gasteiger partial charge on any atom is -0.323 e. The molecule has 0 radical (unpaired) electrons. The molecule has 4 nitrogen and oxygen atoms in total. The number of amides is 1. The van der Waals surface area contributed by atoms with Crippen LogP contribution in [0.1, 0.15) is 5.56 Å². The van der Waals surface area contributed by atoms with E-state index in [1.165, 1.54) is 0 Å². The number of aromatic nitrogens is 2. The summed E-state index contributed by atoms with van der Waals surface area (Å²) in [6, 6.07) is 28.1. The molecule has 2 heterocycles. The first-order valence-corrected chi connectivity index (χ1v) is 10.6. The van der Waals surface area contributed by atoms with Gasteiger partial charge in [0.1, 0.15) is 5.69 Å². The fourth-order valence-electron chi connectivity index (χ4n) is 3.59. The number of benzene rings is 3. The predicted octanol–water partition coefficient (Wildman–Crippen LogP) is 5.94. The third-order valence-electron chi connectivity index (χ3n) is 4.99. The van der Waals surface area contributed by atoms with Crippen LogP contribution in [0.2, 0.25) is 0 Å². The molecule has 30 heavy (non-hydrogen) atoms. The Kier molecular flexibility index (Phi) is 4.87. The van der Waals surface area contributed by atoms with Crippen LogP contribution in [0.4, 0.5) is 5.69 Å². The number of thiophene rings is 1. The highest BCUT2D eigenvalue weighted by Crippen LogP contribution is 2.31. The summed E-state index contributed by atoms with van der Waals surface area (Å²) in [7, 11) is 0. The van der Waals surface area contributed by atoms with Gasteiger partial charge in [0.2, 0.25) is 5.91 Å². The monoisotopic (exact) mass is 409 g/mol. The molecule has 0 aliphatic heterocycles. The number of anilines is 1. The Morgan fingerprint density at radius 2 is 1.70 bits per heavy atom. The fourth-order valence-corrected chi connectivity index (χ4v) is 4.31. The van der Waals surface area contributed by atoms with Crippen molar-refractivity contribution in [2.45, 2.75) is 6.42 Å². The summed E-state index contributed by atoms with van der Waals surface area (Å²) in [5, 5.41) is 12.1. The lowest BCUT2D eigenvalue weighted by atomic mass is 10.0. The van der Waals surface area contributed by atoms with Crippen LogP contribution in [0.15, 0.2) is 96.5 Å². The van der Waals surface area contributed by atoms with Crippen molar-refractivity contribution in [3.8, 4) is 16.3 Å². The van der Waals surface area contributed by atoms with Gasteiger partial charge in [0.15, 0.2) is 0 Å². The average molecular weight is 410 g/mol. The molecule has 0 atom stereocenters. The van der Waals surface area contributed by atoms with Gasteiger partial charge in [-0.05, 0) is 39.9 Å². The van der Waals surface area contributed by atoms with Gasteiger partial charge in [-0.15, -0.1) is 11.3 Å². The highest BCUT2D eigenvalue weighted by atomic mass is 32.1. The van der Waals surface area contributed by atoms with Gasteiger partial charge >= 0.3 is 0 Å². The van der Waals surface area contributed by atoms with Crippen molar-refractivity contribution in [2.75, 3.05) is 5.32 Å². The van der Waals surface area contributed by atoms with E-state index in [0.717, 1.165) is 32.6 Å². The molecule has 0 unspecified atom stereocenters. The van der Waals surface area contributed by atoms with Crippen LogP contribution in [0.3, 0.4) is 0 Å². The Bertz CT molecular complexity index is 1300. The van der Waals surface area contributed by atoms with Crippen LogP contribution in [-0.2, 0) is 11.2 Å². The maximum atomic E-state index is 12.9. The number of carbonyl (C=O) groups is 1. The van der Waals surface area contributed by atoms with E-state index in [-0.39, 0.29) is 5.91 Å².